The van der Waals surface area contributed by atoms with Crippen molar-refractivity contribution < 1.29 is 23.1 Å². The molecular weight excluding hydrogens is 325 g/mol. The van der Waals surface area contributed by atoms with Gasteiger partial charge in [-0.25, -0.2) is 0 Å². The molecule has 6 nitrogen and oxygen atoms in total. The Hall–Kier alpha value is -1.61. The molecule has 9 heteroatoms. The van der Waals surface area contributed by atoms with Gasteiger partial charge in [0.2, 0.25) is 0 Å². The van der Waals surface area contributed by atoms with E-state index in [9.17, 15) is 18.0 Å². The molecule has 0 unspecified atom stereocenters. The largest absolute Gasteiger partial charge is 0.432 e. The molecule has 0 radical (unpaired) electrons. The molecule has 1 aliphatic carbocycles. The number of alkyl halides is 3. The summed E-state index contributed by atoms with van der Waals surface area (Å²) in [4.78, 5) is 14.4. The fraction of sp³-hybridized carbons (Fsp3) is 0.733. The number of nitrogens with one attached hydrogen (secondary N) is 2. The quantitative estimate of drug-likeness (QED) is 0.724. The smallest absolute Gasteiger partial charge is 0.396 e. The molecule has 3 N–H and O–H groups in total. The molecular formula is C15H21F3N4O2. The van der Waals surface area contributed by atoms with Crippen molar-refractivity contribution in [3.8, 4) is 0 Å². The van der Waals surface area contributed by atoms with Gasteiger partial charge >= 0.3 is 6.18 Å². The highest BCUT2D eigenvalue weighted by Gasteiger charge is 2.43. The molecule has 1 amide bonds. The van der Waals surface area contributed by atoms with E-state index >= 15 is 0 Å². The molecule has 2 heterocycles. The van der Waals surface area contributed by atoms with Crippen LogP contribution < -0.4 is 5.32 Å². The van der Waals surface area contributed by atoms with Gasteiger partial charge in [0.05, 0.1) is 0 Å². The average molecular weight is 346 g/mol. The molecule has 24 heavy (non-hydrogen) atoms. The van der Waals surface area contributed by atoms with E-state index in [1.165, 1.54) is 0 Å². The summed E-state index contributed by atoms with van der Waals surface area (Å²) < 4.78 is 37.8. The number of aliphatic hydroxyl groups is 1. The highest BCUT2D eigenvalue weighted by atomic mass is 19.4. The maximum absolute atomic E-state index is 12.6. The number of aromatic amines is 1. The number of carbonyl (C=O) groups excluding carboxylic acids is 1. The summed E-state index contributed by atoms with van der Waals surface area (Å²) in [6.45, 7) is 2.38. The Bertz CT molecular complexity index is 586. The van der Waals surface area contributed by atoms with Crippen LogP contribution in [0.25, 0.3) is 0 Å². The molecule has 1 saturated carbocycles. The van der Waals surface area contributed by atoms with E-state index in [0.29, 0.717) is 24.8 Å². The number of hydrogen-bond donors (Lipinski definition) is 3. The molecule has 1 saturated heterocycles. The lowest BCUT2D eigenvalue weighted by molar-refractivity contribution is -0.141. The van der Waals surface area contributed by atoms with Crippen molar-refractivity contribution in [1.29, 1.82) is 0 Å². The fourth-order valence-electron chi connectivity index (χ4n) is 3.37. The minimum Gasteiger partial charge on any atom is -0.396 e. The molecule has 1 aromatic rings. The van der Waals surface area contributed by atoms with Crippen LogP contribution in [0.4, 0.5) is 13.2 Å². The first-order valence-corrected chi connectivity index (χ1v) is 8.15. The van der Waals surface area contributed by atoms with E-state index in [1.807, 2.05) is 5.10 Å². The third-order valence-electron chi connectivity index (χ3n) is 4.73. The number of hydrogen-bond acceptors (Lipinski definition) is 4. The molecule has 134 valence electrons. The number of carbonyl (C=O) groups is 1. The van der Waals surface area contributed by atoms with Crippen LogP contribution in [-0.4, -0.2) is 58.4 Å². The first-order valence-electron chi connectivity index (χ1n) is 8.15. The average Bonchev–Trinajstić information content (AvgIpc) is 3.08. The summed E-state index contributed by atoms with van der Waals surface area (Å²) in [6.07, 6.45) is -1.61. The zero-order chi connectivity index (χ0) is 17.3. The monoisotopic (exact) mass is 346 g/mol. The summed E-state index contributed by atoms with van der Waals surface area (Å²) in [5, 5.41) is 17.1. The van der Waals surface area contributed by atoms with Crippen molar-refractivity contribution in [1.82, 2.24) is 20.4 Å². The first kappa shape index (κ1) is 17.2. The summed E-state index contributed by atoms with van der Waals surface area (Å²) in [6, 6.07) is 0.648. The van der Waals surface area contributed by atoms with Crippen LogP contribution >= 0.6 is 0 Å². The number of rotatable bonds is 6. The standard InChI is InChI=1S/C15H21F3N4O2/c16-15(17,18)13-6-11(20-21-13)14(24)19-12-8-22(4-1-5-23)7-10(12)9-2-3-9/h6,9-10,12,23H,1-5,7-8H2,(H,19,24)(H,20,21)/t10-,12+/m1/s1. The van der Waals surface area contributed by atoms with E-state index in [2.05, 4.69) is 15.3 Å². The van der Waals surface area contributed by atoms with Gasteiger partial charge in [-0.3, -0.25) is 9.89 Å². The van der Waals surface area contributed by atoms with Crippen LogP contribution in [0, 0.1) is 11.8 Å². The molecule has 2 fully saturated rings. The fourth-order valence-corrected chi connectivity index (χ4v) is 3.37. The van der Waals surface area contributed by atoms with Crippen LogP contribution in [0.1, 0.15) is 35.4 Å². The van der Waals surface area contributed by atoms with Crippen LogP contribution in [0.15, 0.2) is 6.07 Å². The zero-order valence-electron chi connectivity index (χ0n) is 13.1. The molecule has 0 aromatic carbocycles. The predicted octanol–water partition coefficient (Wildman–Crippen LogP) is 1.25. The normalized spacial score (nSPS) is 25.2. The number of likely N-dealkylation sites (tertiary alicyclic amines) is 1. The van der Waals surface area contributed by atoms with E-state index < -0.39 is 17.8 Å². The van der Waals surface area contributed by atoms with Crippen LogP contribution in [0.2, 0.25) is 0 Å². The highest BCUT2D eigenvalue weighted by Crippen LogP contribution is 2.41. The Kier molecular flexibility index (Phi) is 4.82. The third-order valence-corrected chi connectivity index (χ3v) is 4.73. The zero-order valence-corrected chi connectivity index (χ0v) is 13.1. The van der Waals surface area contributed by atoms with Crippen molar-refractivity contribution in [3.63, 3.8) is 0 Å². The summed E-state index contributed by atoms with van der Waals surface area (Å²) in [7, 11) is 0. The van der Waals surface area contributed by atoms with Gasteiger partial charge in [0, 0.05) is 38.3 Å². The second-order valence-corrected chi connectivity index (χ2v) is 6.58. The van der Waals surface area contributed by atoms with Gasteiger partial charge < -0.3 is 15.3 Å². The number of aliphatic hydroxyl groups excluding tert-OH is 1. The SMILES string of the molecule is O=C(N[C@H]1CN(CCCO)C[C@@H]1C1CC1)c1cc(C(F)(F)F)[nH]n1. The van der Waals surface area contributed by atoms with Crippen LogP contribution in [0.3, 0.4) is 0 Å². The van der Waals surface area contributed by atoms with E-state index in [4.69, 9.17) is 5.11 Å². The van der Waals surface area contributed by atoms with E-state index in [0.717, 1.165) is 32.0 Å². The van der Waals surface area contributed by atoms with Gasteiger partial charge in [0.25, 0.3) is 5.91 Å². The lowest BCUT2D eigenvalue weighted by Gasteiger charge is -2.18. The second-order valence-electron chi connectivity index (χ2n) is 6.58. The van der Waals surface area contributed by atoms with Crippen molar-refractivity contribution in [2.75, 3.05) is 26.2 Å². The van der Waals surface area contributed by atoms with Crippen molar-refractivity contribution in [2.24, 2.45) is 11.8 Å². The van der Waals surface area contributed by atoms with Crippen LogP contribution in [-0.2, 0) is 6.18 Å². The summed E-state index contributed by atoms with van der Waals surface area (Å²) in [5.41, 5.74) is -1.27. The van der Waals surface area contributed by atoms with Gasteiger partial charge in [-0.05, 0) is 31.1 Å². The maximum atomic E-state index is 12.6. The number of halogens is 3. The van der Waals surface area contributed by atoms with Gasteiger partial charge in [-0.15, -0.1) is 0 Å². The predicted molar refractivity (Wildman–Crippen MR) is 79.2 cm³/mol. The second kappa shape index (κ2) is 6.72. The molecule has 3 rings (SSSR count). The molecule has 1 aliphatic heterocycles. The van der Waals surface area contributed by atoms with Gasteiger partial charge in [-0.2, -0.15) is 18.3 Å². The summed E-state index contributed by atoms with van der Waals surface area (Å²) in [5.74, 6) is 0.300. The molecule has 1 aromatic heterocycles. The number of H-pyrrole nitrogens is 1. The van der Waals surface area contributed by atoms with Gasteiger partial charge in [-0.1, -0.05) is 0 Å². The molecule has 0 spiro atoms. The van der Waals surface area contributed by atoms with Gasteiger partial charge in [0.15, 0.2) is 5.69 Å². The number of nitrogens with zero attached hydrogens (tertiary/aromatic N) is 2. The molecule has 2 atom stereocenters. The number of aromatic nitrogens is 2. The van der Waals surface area contributed by atoms with E-state index in [1.54, 1.807) is 0 Å². The Labute approximate surface area is 137 Å². The lowest BCUT2D eigenvalue weighted by atomic mass is 9.98. The Balaban J connectivity index is 1.63. The third kappa shape index (κ3) is 3.89. The van der Waals surface area contributed by atoms with Crippen molar-refractivity contribution in [3.05, 3.63) is 17.5 Å². The first-order chi connectivity index (χ1) is 11.4. The molecule has 0 bridgehead atoms. The summed E-state index contributed by atoms with van der Waals surface area (Å²) >= 11 is 0. The number of amides is 1. The van der Waals surface area contributed by atoms with Gasteiger partial charge in [0.1, 0.15) is 5.69 Å². The van der Waals surface area contributed by atoms with E-state index in [-0.39, 0.29) is 18.3 Å². The highest BCUT2D eigenvalue weighted by molar-refractivity contribution is 5.92. The lowest BCUT2D eigenvalue weighted by Crippen LogP contribution is -2.41. The van der Waals surface area contributed by atoms with Crippen molar-refractivity contribution in [2.45, 2.75) is 31.5 Å². The minimum atomic E-state index is -4.55. The van der Waals surface area contributed by atoms with Crippen LogP contribution in [0.5, 0.6) is 0 Å². The topological polar surface area (TPSA) is 81.3 Å². The Morgan fingerprint density at radius 2 is 2.17 bits per heavy atom. The minimum absolute atomic E-state index is 0.0882. The van der Waals surface area contributed by atoms with Crippen molar-refractivity contribution >= 4 is 5.91 Å². The maximum Gasteiger partial charge on any atom is 0.432 e. The molecule has 2 aliphatic rings. The Morgan fingerprint density at radius 3 is 2.75 bits per heavy atom. The Morgan fingerprint density at radius 1 is 1.42 bits per heavy atom.